The van der Waals surface area contributed by atoms with E-state index in [4.69, 9.17) is 32.7 Å². The molecule has 0 saturated carbocycles. The summed E-state index contributed by atoms with van der Waals surface area (Å²) in [5.41, 5.74) is 2.03. The van der Waals surface area contributed by atoms with Crippen molar-refractivity contribution >= 4 is 23.2 Å². The van der Waals surface area contributed by atoms with Crippen molar-refractivity contribution in [2.24, 2.45) is 0 Å². The van der Waals surface area contributed by atoms with Crippen LogP contribution < -0.4 is 10.1 Å². The third-order valence-corrected chi connectivity index (χ3v) is 3.99. The summed E-state index contributed by atoms with van der Waals surface area (Å²) in [5.74, 6) is 0.807. The summed E-state index contributed by atoms with van der Waals surface area (Å²) < 4.78 is 10.8. The molecule has 2 aromatic carbocycles. The molecule has 0 aliphatic heterocycles. The van der Waals surface area contributed by atoms with Crippen molar-refractivity contribution in [2.45, 2.75) is 13.2 Å². The number of rotatable bonds is 8. The van der Waals surface area contributed by atoms with Crippen molar-refractivity contribution in [3.05, 3.63) is 63.6 Å². The molecule has 0 aromatic heterocycles. The van der Waals surface area contributed by atoms with E-state index in [0.717, 1.165) is 30.0 Å². The standard InChI is InChI=1S/C17H19Cl2NO2/c1-21-9-8-20-11-13-4-2-6-15(10-13)22-12-14-5-3-7-16(18)17(14)19/h2-7,10,20H,8-9,11-12H2,1H3. The van der Waals surface area contributed by atoms with Gasteiger partial charge >= 0.3 is 0 Å². The Morgan fingerprint density at radius 1 is 1.09 bits per heavy atom. The van der Waals surface area contributed by atoms with Crippen molar-refractivity contribution in [1.29, 1.82) is 0 Å². The molecule has 0 aliphatic carbocycles. The highest BCUT2D eigenvalue weighted by molar-refractivity contribution is 6.42. The quantitative estimate of drug-likeness (QED) is 0.727. The molecular weight excluding hydrogens is 321 g/mol. The first kappa shape index (κ1) is 17.1. The van der Waals surface area contributed by atoms with Gasteiger partial charge < -0.3 is 14.8 Å². The fourth-order valence-corrected chi connectivity index (χ4v) is 2.35. The predicted molar refractivity (Wildman–Crippen MR) is 90.8 cm³/mol. The summed E-state index contributed by atoms with van der Waals surface area (Å²) in [6.45, 7) is 2.68. The molecule has 0 fully saturated rings. The number of methoxy groups -OCH3 is 1. The molecule has 0 heterocycles. The van der Waals surface area contributed by atoms with Gasteiger partial charge in [-0.1, -0.05) is 47.5 Å². The number of hydrogen-bond donors (Lipinski definition) is 1. The summed E-state index contributed by atoms with van der Waals surface area (Å²) in [6, 6.07) is 13.5. The van der Waals surface area contributed by atoms with Gasteiger partial charge in [-0.15, -0.1) is 0 Å². The Labute approximate surface area is 141 Å². The van der Waals surface area contributed by atoms with Crippen molar-refractivity contribution in [3.8, 4) is 5.75 Å². The van der Waals surface area contributed by atoms with Crippen LogP contribution in [-0.2, 0) is 17.9 Å². The molecule has 118 valence electrons. The van der Waals surface area contributed by atoms with Crippen LogP contribution in [0.1, 0.15) is 11.1 Å². The fraction of sp³-hybridized carbons (Fsp3) is 0.294. The van der Waals surface area contributed by atoms with E-state index in [9.17, 15) is 0 Å². The lowest BCUT2D eigenvalue weighted by molar-refractivity contribution is 0.199. The normalized spacial score (nSPS) is 10.7. The van der Waals surface area contributed by atoms with Crippen LogP contribution in [0.4, 0.5) is 0 Å². The van der Waals surface area contributed by atoms with Gasteiger partial charge in [0.2, 0.25) is 0 Å². The van der Waals surface area contributed by atoms with Gasteiger partial charge in [0.25, 0.3) is 0 Å². The number of halogens is 2. The van der Waals surface area contributed by atoms with E-state index in [0.29, 0.717) is 23.3 Å². The monoisotopic (exact) mass is 339 g/mol. The number of nitrogens with one attached hydrogen (secondary N) is 1. The maximum atomic E-state index is 6.16. The average Bonchev–Trinajstić information content (AvgIpc) is 2.53. The molecule has 5 heteroatoms. The van der Waals surface area contributed by atoms with Crippen LogP contribution in [0.25, 0.3) is 0 Å². The Morgan fingerprint density at radius 2 is 1.91 bits per heavy atom. The van der Waals surface area contributed by atoms with Gasteiger partial charge in [-0.3, -0.25) is 0 Å². The third-order valence-electron chi connectivity index (χ3n) is 3.14. The highest BCUT2D eigenvalue weighted by Crippen LogP contribution is 2.26. The fourth-order valence-electron chi connectivity index (χ4n) is 1.97. The van der Waals surface area contributed by atoms with Gasteiger partial charge in [0.05, 0.1) is 16.7 Å². The molecule has 2 aromatic rings. The molecular formula is C17H19Cl2NO2. The molecule has 2 rings (SSSR count). The smallest absolute Gasteiger partial charge is 0.120 e. The first-order chi connectivity index (χ1) is 10.7. The SMILES string of the molecule is COCCNCc1cccc(OCc2cccc(Cl)c2Cl)c1. The lowest BCUT2D eigenvalue weighted by Crippen LogP contribution is -2.18. The first-order valence-corrected chi connectivity index (χ1v) is 7.80. The molecule has 0 aliphatic rings. The van der Waals surface area contributed by atoms with Crippen LogP contribution in [0.15, 0.2) is 42.5 Å². The van der Waals surface area contributed by atoms with Crippen molar-refractivity contribution in [2.75, 3.05) is 20.3 Å². The first-order valence-electron chi connectivity index (χ1n) is 7.05. The minimum atomic E-state index is 0.389. The predicted octanol–water partition coefficient (Wildman–Crippen LogP) is 4.31. The molecule has 22 heavy (non-hydrogen) atoms. The summed E-state index contributed by atoms with van der Waals surface area (Å²) in [6.07, 6.45) is 0. The van der Waals surface area contributed by atoms with Gasteiger partial charge in [0.1, 0.15) is 12.4 Å². The molecule has 0 bridgehead atoms. The molecule has 0 saturated heterocycles. The maximum absolute atomic E-state index is 6.16. The largest absolute Gasteiger partial charge is 0.489 e. The Balaban J connectivity index is 1.91. The Bertz CT molecular complexity index is 605. The van der Waals surface area contributed by atoms with Crippen molar-refractivity contribution in [1.82, 2.24) is 5.32 Å². The molecule has 0 atom stereocenters. The second-order valence-electron chi connectivity index (χ2n) is 4.82. The Morgan fingerprint density at radius 3 is 2.73 bits per heavy atom. The average molecular weight is 340 g/mol. The van der Waals surface area contributed by atoms with Crippen LogP contribution in [0.2, 0.25) is 10.0 Å². The molecule has 0 unspecified atom stereocenters. The highest BCUT2D eigenvalue weighted by Gasteiger charge is 2.05. The minimum Gasteiger partial charge on any atom is -0.489 e. The Hall–Kier alpha value is -1.26. The molecule has 0 spiro atoms. The van der Waals surface area contributed by atoms with E-state index in [-0.39, 0.29) is 0 Å². The van der Waals surface area contributed by atoms with E-state index >= 15 is 0 Å². The topological polar surface area (TPSA) is 30.5 Å². The van der Waals surface area contributed by atoms with E-state index in [1.54, 1.807) is 13.2 Å². The lowest BCUT2D eigenvalue weighted by atomic mass is 10.2. The van der Waals surface area contributed by atoms with Crippen molar-refractivity contribution in [3.63, 3.8) is 0 Å². The second-order valence-corrected chi connectivity index (χ2v) is 5.60. The van der Waals surface area contributed by atoms with Gasteiger partial charge in [-0.25, -0.2) is 0 Å². The van der Waals surface area contributed by atoms with Gasteiger partial charge in [-0.2, -0.15) is 0 Å². The third kappa shape index (κ3) is 5.18. The molecule has 1 N–H and O–H groups in total. The number of benzene rings is 2. The summed E-state index contributed by atoms with van der Waals surface area (Å²) >= 11 is 12.2. The van der Waals surface area contributed by atoms with Crippen LogP contribution in [0.3, 0.4) is 0 Å². The van der Waals surface area contributed by atoms with E-state index in [1.165, 1.54) is 0 Å². The van der Waals surface area contributed by atoms with Crippen LogP contribution in [0, 0.1) is 0 Å². The summed E-state index contributed by atoms with van der Waals surface area (Å²) in [7, 11) is 1.69. The van der Waals surface area contributed by atoms with Gasteiger partial charge in [0.15, 0.2) is 0 Å². The van der Waals surface area contributed by atoms with E-state index < -0.39 is 0 Å². The summed E-state index contributed by atoms with van der Waals surface area (Å²) in [5, 5.41) is 4.38. The molecule has 3 nitrogen and oxygen atoms in total. The minimum absolute atomic E-state index is 0.389. The summed E-state index contributed by atoms with van der Waals surface area (Å²) in [4.78, 5) is 0. The second kappa shape index (κ2) is 9.01. The van der Waals surface area contributed by atoms with Crippen LogP contribution in [-0.4, -0.2) is 20.3 Å². The van der Waals surface area contributed by atoms with E-state index in [2.05, 4.69) is 11.4 Å². The Kier molecular flexibility index (Phi) is 7.00. The lowest BCUT2D eigenvalue weighted by Gasteiger charge is -2.10. The van der Waals surface area contributed by atoms with Crippen LogP contribution >= 0.6 is 23.2 Å². The van der Waals surface area contributed by atoms with E-state index in [1.807, 2.05) is 30.3 Å². The van der Waals surface area contributed by atoms with Crippen LogP contribution in [0.5, 0.6) is 5.75 Å². The molecule has 0 radical (unpaired) electrons. The zero-order chi connectivity index (χ0) is 15.8. The zero-order valence-electron chi connectivity index (χ0n) is 12.4. The highest BCUT2D eigenvalue weighted by atomic mass is 35.5. The number of ether oxygens (including phenoxy) is 2. The maximum Gasteiger partial charge on any atom is 0.120 e. The number of hydrogen-bond acceptors (Lipinski definition) is 3. The van der Waals surface area contributed by atoms with Gasteiger partial charge in [0, 0.05) is 25.8 Å². The molecule has 0 amide bonds. The van der Waals surface area contributed by atoms with Crippen molar-refractivity contribution < 1.29 is 9.47 Å². The van der Waals surface area contributed by atoms with Gasteiger partial charge in [-0.05, 0) is 23.8 Å². The zero-order valence-corrected chi connectivity index (χ0v) is 14.0.